The summed E-state index contributed by atoms with van der Waals surface area (Å²) in [6.07, 6.45) is 3.18. The second kappa shape index (κ2) is 5.51. The van der Waals surface area contributed by atoms with Gasteiger partial charge in [0, 0.05) is 46.0 Å². The van der Waals surface area contributed by atoms with Crippen LogP contribution in [-0.2, 0) is 17.7 Å². The Morgan fingerprint density at radius 3 is 2.74 bits per heavy atom. The predicted molar refractivity (Wildman–Crippen MR) is 75.5 cm³/mol. The zero-order chi connectivity index (χ0) is 13.2. The number of hydrogen-bond donors (Lipinski definition) is 1. The number of aromatic nitrogens is 2. The first kappa shape index (κ1) is 12.9. The lowest BCUT2D eigenvalue weighted by Crippen LogP contribution is -2.28. The lowest BCUT2D eigenvalue weighted by molar-refractivity contribution is 0.187. The minimum absolute atomic E-state index is 0.745. The molecule has 0 radical (unpaired) electrons. The van der Waals surface area contributed by atoms with Gasteiger partial charge in [-0.05, 0) is 18.3 Å². The molecule has 2 atom stereocenters. The van der Waals surface area contributed by atoms with E-state index in [4.69, 9.17) is 9.72 Å². The van der Waals surface area contributed by atoms with Crippen LogP contribution in [0.25, 0.3) is 0 Å². The van der Waals surface area contributed by atoms with Crippen molar-refractivity contribution in [2.75, 3.05) is 44.8 Å². The first-order chi connectivity index (χ1) is 9.31. The van der Waals surface area contributed by atoms with Gasteiger partial charge in [-0.1, -0.05) is 6.92 Å². The van der Waals surface area contributed by atoms with Crippen LogP contribution >= 0.6 is 0 Å². The number of fused-ring (bicyclic) bond motifs is 1. The van der Waals surface area contributed by atoms with Crippen molar-refractivity contribution in [2.45, 2.75) is 19.9 Å². The third-order valence-electron chi connectivity index (χ3n) is 4.38. The maximum absolute atomic E-state index is 5.20. The minimum Gasteiger partial charge on any atom is -0.383 e. The second-order valence-electron chi connectivity index (χ2n) is 5.66. The van der Waals surface area contributed by atoms with Crippen LogP contribution in [0.4, 0.5) is 5.95 Å². The molecule has 106 valence electrons. The molecule has 2 fully saturated rings. The molecular formula is C14H24N4O. The highest BCUT2D eigenvalue weighted by Crippen LogP contribution is 2.30. The molecule has 3 rings (SSSR count). The Bertz CT molecular complexity index is 419. The van der Waals surface area contributed by atoms with E-state index in [0.717, 1.165) is 50.4 Å². The van der Waals surface area contributed by atoms with Gasteiger partial charge in [0.15, 0.2) is 0 Å². The Morgan fingerprint density at radius 2 is 2.11 bits per heavy atom. The van der Waals surface area contributed by atoms with Crippen molar-refractivity contribution < 1.29 is 4.74 Å². The summed E-state index contributed by atoms with van der Waals surface area (Å²) < 4.78 is 7.46. The van der Waals surface area contributed by atoms with Gasteiger partial charge in [-0.3, -0.25) is 0 Å². The van der Waals surface area contributed by atoms with Crippen molar-refractivity contribution in [2.24, 2.45) is 11.8 Å². The van der Waals surface area contributed by atoms with Gasteiger partial charge in [-0.25, -0.2) is 4.98 Å². The molecule has 1 aromatic heterocycles. The van der Waals surface area contributed by atoms with E-state index in [1.54, 1.807) is 7.11 Å². The zero-order valence-corrected chi connectivity index (χ0v) is 11.9. The topological polar surface area (TPSA) is 42.3 Å². The first-order valence-electron chi connectivity index (χ1n) is 7.32. The molecule has 0 saturated carbocycles. The number of methoxy groups -OCH3 is 1. The molecule has 0 bridgehead atoms. The summed E-state index contributed by atoms with van der Waals surface area (Å²) >= 11 is 0. The smallest absolute Gasteiger partial charge is 0.205 e. The third-order valence-corrected chi connectivity index (χ3v) is 4.38. The Labute approximate surface area is 114 Å². The van der Waals surface area contributed by atoms with Gasteiger partial charge >= 0.3 is 0 Å². The Morgan fingerprint density at radius 1 is 1.37 bits per heavy atom. The van der Waals surface area contributed by atoms with Crippen LogP contribution in [-0.4, -0.2) is 49.4 Å². The molecule has 2 aliphatic heterocycles. The number of rotatable bonds is 5. The van der Waals surface area contributed by atoms with Crippen molar-refractivity contribution in [3.63, 3.8) is 0 Å². The predicted octanol–water partition coefficient (Wildman–Crippen LogP) is 0.748. The van der Waals surface area contributed by atoms with Crippen molar-refractivity contribution in [1.82, 2.24) is 14.9 Å². The van der Waals surface area contributed by atoms with E-state index >= 15 is 0 Å². The number of nitrogens with one attached hydrogen (secondary N) is 1. The van der Waals surface area contributed by atoms with Crippen LogP contribution in [0, 0.1) is 11.8 Å². The van der Waals surface area contributed by atoms with Gasteiger partial charge < -0.3 is 19.5 Å². The van der Waals surface area contributed by atoms with Crippen LogP contribution in [0.15, 0.2) is 6.20 Å². The number of aryl methyl sites for hydroxylation is 1. The maximum atomic E-state index is 5.20. The number of anilines is 1. The molecular weight excluding hydrogens is 240 g/mol. The molecule has 0 spiro atoms. The largest absolute Gasteiger partial charge is 0.383 e. The number of ether oxygens (including phenoxy) is 1. The molecule has 1 aromatic rings. The first-order valence-corrected chi connectivity index (χ1v) is 7.32. The van der Waals surface area contributed by atoms with Gasteiger partial charge in [0.05, 0.1) is 12.3 Å². The second-order valence-corrected chi connectivity index (χ2v) is 5.66. The summed E-state index contributed by atoms with van der Waals surface area (Å²) in [7, 11) is 1.75. The average molecular weight is 264 g/mol. The van der Waals surface area contributed by atoms with E-state index < -0.39 is 0 Å². The van der Waals surface area contributed by atoms with Crippen molar-refractivity contribution >= 4 is 5.95 Å². The van der Waals surface area contributed by atoms with Crippen molar-refractivity contribution in [3.05, 3.63) is 11.9 Å². The minimum atomic E-state index is 0.745. The van der Waals surface area contributed by atoms with Gasteiger partial charge in [-0.2, -0.15) is 0 Å². The molecule has 2 saturated heterocycles. The molecule has 2 aliphatic rings. The highest BCUT2D eigenvalue weighted by Gasteiger charge is 2.37. The molecule has 0 amide bonds. The van der Waals surface area contributed by atoms with Crippen molar-refractivity contribution in [1.29, 1.82) is 0 Å². The average Bonchev–Trinajstić information content (AvgIpc) is 3.08. The fourth-order valence-electron chi connectivity index (χ4n) is 3.25. The third kappa shape index (κ3) is 2.49. The van der Waals surface area contributed by atoms with Crippen LogP contribution in [0.5, 0.6) is 0 Å². The van der Waals surface area contributed by atoms with Gasteiger partial charge in [0.25, 0.3) is 0 Å². The molecule has 3 heterocycles. The van der Waals surface area contributed by atoms with E-state index in [1.165, 1.54) is 18.8 Å². The Balaban J connectivity index is 1.77. The molecule has 0 aliphatic carbocycles. The molecule has 1 N–H and O–H groups in total. The van der Waals surface area contributed by atoms with Crippen LogP contribution in [0.2, 0.25) is 0 Å². The fraction of sp³-hybridized carbons (Fsp3) is 0.786. The summed E-state index contributed by atoms with van der Waals surface area (Å²) in [4.78, 5) is 7.27. The Kier molecular flexibility index (Phi) is 3.75. The lowest BCUT2D eigenvalue weighted by atomic mass is 10.0. The monoisotopic (exact) mass is 264 g/mol. The van der Waals surface area contributed by atoms with Gasteiger partial charge in [0.2, 0.25) is 5.95 Å². The molecule has 0 aromatic carbocycles. The quantitative estimate of drug-likeness (QED) is 0.852. The van der Waals surface area contributed by atoms with Gasteiger partial charge in [-0.15, -0.1) is 0 Å². The summed E-state index contributed by atoms with van der Waals surface area (Å²) in [6.45, 7) is 8.42. The summed E-state index contributed by atoms with van der Waals surface area (Å²) in [5.41, 5.74) is 1.18. The maximum Gasteiger partial charge on any atom is 0.205 e. The summed E-state index contributed by atoms with van der Waals surface area (Å²) in [5.74, 6) is 2.75. The van der Waals surface area contributed by atoms with Crippen LogP contribution in [0.1, 0.15) is 12.6 Å². The van der Waals surface area contributed by atoms with Gasteiger partial charge in [0.1, 0.15) is 0 Å². The van der Waals surface area contributed by atoms with E-state index in [-0.39, 0.29) is 0 Å². The van der Waals surface area contributed by atoms with Crippen molar-refractivity contribution in [3.8, 4) is 0 Å². The summed E-state index contributed by atoms with van der Waals surface area (Å²) in [6, 6.07) is 0. The normalized spacial score (nSPS) is 26.1. The molecule has 5 nitrogen and oxygen atoms in total. The highest BCUT2D eigenvalue weighted by atomic mass is 16.5. The lowest BCUT2D eigenvalue weighted by Gasteiger charge is -2.20. The number of nitrogens with zero attached hydrogens (tertiary/aromatic N) is 3. The van der Waals surface area contributed by atoms with Crippen LogP contribution in [0.3, 0.4) is 0 Å². The van der Waals surface area contributed by atoms with E-state index in [0.29, 0.717) is 0 Å². The highest BCUT2D eigenvalue weighted by molar-refractivity contribution is 5.36. The molecule has 5 heteroatoms. The van der Waals surface area contributed by atoms with E-state index in [2.05, 4.69) is 27.9 Å². The fourth-order valence-corrected chi connectivity index (χ4v) is 3.25. The van der Waals surface area contributed by atoms with Crippen LogP contribution < -0.4 is 10.2 Å². The number of imidazole rings is 1. The summed E-state index contributed by atoms with van der Waals surface area (Å²) in [5, 5.41) is 3.49. The standard InChI is InChI=1S/C14H24N4O/c1-3-13-10-17(4-5-19-2)14(16-13)18-8-11-6-15-7-12(11)9-18/h10-12,15H,3-9H2,1-2H3/t11-,12+. The zero-order valence-electron chi connectivity index (χ0n) is 11.9. The molecule has 0 unspecified atom stereocenters. The molecule has 19 heavy (non-hydrogen) atoms. The number of hydrogen-bond acceptors (Lipinski definition) is 4. The van der Waals surface area contributed by atoms with E-state index in [9.17, 15) is 0 Å². The Hall–Kier alpha value is -1.07. The van der Waals surface area contributed by atoms with E-state index in [1.807, 2.05) is 0 Å². The SMILES string of the molecule is CCc1cn(CCOC)c(N2C[C@H]3CNC[C@H]3C2)n1.